The van der Waals surface area contributed by atoms with Crippen LogP contribution in [-0.2, 0) is 18.5 Å². The predicted molar refractivity (Wildman–Crippen MR) is 64.1 cm³/mol. The van der Waals surface area contributed by atoms with Crippen LogP contribution in [0.15, 0.2) is 20.0 Å². The van der Waals surface area contributed by atoms with E-state index in [4.69, 9.17) is 24.6 Å². The third-order valence-corrected chi connectivity index (χ3v) is 4.46. The maximum absolute atomic E-state index is 11.7. The van der Waals surface area contributed by atoms with Crippen molar-refractivity contribution in [3.05, 3.63) is 16.5 Å². The second-order valence-electron chi connectivity index (χ2n) is 3.58. The van der Waals surface area contributed by atoms with Crippen molar-refractivity contribution < 1.29 is 27.1 Å². The van der Waals surface area contributed by atoms with Crippen molar-refractivity contribution in [1.29, 1.82) is 0 Å². The van der Waals surface area contributed by atoms with Gasteiger partial charge in [-0.1, -0.05) is 0 Å². The van der Waals surface area contributed by atoms with E-state index in [-0.39, 0.29) is 21.4 Å². The highest BCUT2D eigenvalue weighted by Gasteiger charge is 2.27. The molecule has 0 aromatic carbocycles. The van der Waals surface area contributed by atoms with Crippen LogP contribution in [0.4, 0.5) is 0 Å². The SMILES string of the molecule is O=C(OC1CCOC1)c1cc(S(=O)(=O)Cl)c(Br)o1. The molecule has 1 aliphatic rings. The van der Waals surface area contributed by atoms with Gasteiger partial charge in [-0.15, -0.1) is 0 Å². The third kappa shape index (κ3) is 3.05. The first-order chi connectivity index (χ1) is 8.38. The Morgan fingerprint density at radius 3 is 2.78 bits per heavy atom. The van der Waals surface area contributed by atoms with Gasteiger partial charge in [0, 0.05) is 23.2 Å². The van der Waals surface area contributed by atoms with Crippen LogP contribution in [0.5, 0.6) is 0 Å². The highest BCUT2D eigenvalue weighted by molar-refractivity contribution is 9.10. The third-order valence-electron chi connectivity index (χ3n) is 2.28. The Kier molecular flexibility index (Phi) is 4.00. The van der Waals surface area contributed by atoms with Crippen LogP contribution >= 0.6 is 26.6 Å². The average Bonchev–Trinajstić information content (AvgIpc) is 2.85. The first-order valence-electron chi connectivity index (χ1n) is 4.90. The minimum absolute atomic E-state index is 0.132. The molecule has 1 atom stereocenters. The minimum atomic E-state index is -3.97. The molecule has 0 N–H and O–H groups in total. The summed E-state index contributed by atoms with van der Waals surface area (Å²) in [5.74, 6) is -0.981. The first-order valence-corrected chi connectivity index (χ1v) is 8.01. The summed E-state index contributed by atoms with van der Waals surface area (Å²) in [6, 6.07) is 1.02. The molecule has 18 heavy (non-hydrogen) atoms. The Morgan fingerprint density at radius 1 is 1.56 bits per heavy atom. The van der Waals surface area contributed by atoms with Crippen molar-refractivity contribution in [2.45, 2.75) is 17.4 Å². The Labute approximate surface area is 116 Å². The molecule has 0 radical (unpaired) electrons. The molecule has 9 heteroatoms. The maximum Gasteiger partial charge on any atom is 0.374 e. The van der Waals surface area contributed by atoms with Gasteiger partial charge >= 0.3 is 5.97 Å². The standard InChI is InChI=1S/C9H8BrClO6S/c10-8-7(18(11,13)14)3-6(17-8)9(12)16-5-1-2-15-4-5/h3,5H,1-2,4H2. The molecule has 1 aliphatic heterocycles. The first kappa shape index (κ1) is 13.9. The molecule has 2 rings (SSSR count). The van der Waals surface area contributed by atoms with Crippen LogP contribution in [0.3, 0.4) is 0 Å². The fourth-order valence-electron chi connectivity index (χ4n) is 1.43. The Bertz CT molecular complexity index is 560. The van der Waals surface area contributed by atoms with Crippen molar-refractivity contribution in [3.63, 3.8) is 0 Å². The Balaban J connectivity index is 2.16. The molecule has 1 aromatic rings. The van der Waals surface area contributed by atoms with E-state index in [1.54, 1.807) is 0 Å². The van der Waals surface area contributed by atoms with Crippen LogP contribution < -0.4 is 0 Å². The molecule has 1 saturated heterocycles. The van der Waals surface area contributed by atoms with Gasteiger partial charge in [0.15, 0.2) is 4.67 Å². The van der Waals surface area contributed by atoms with Crippen LogP contribution in [0.25, 0.3) is 0 Å². The van der Waals surface area contributed by atoms with Crippen LogP contribution in [-0.4, -0.2) is 33.7 Å². The molecule has 0 amide bonds. The number of esters is 1. The maximum atomic E-state index is 11.7. The van der Waals surface area contributed by atoms with Gasteiger partial charge in [0.05, 0.1) is 13.2 Å². The second-order valence-corrected chi connectivity index (χ2v) is 6.83. The van der Waals surface area contributed by atoms with E-state index in [1.165, 1.54) is 0 Å². The molecule has 0 bridgehead atoms. The molecule has 2 heterocycles. The molecule has 0 aliphatic carbocycles. The summed E-state index contributed by atoms with van der Waals surface area (Å²) in [4.78, 5) is 11.4. The smallest absolute Gasteiger partial charge is 0.374 e. The van der Waals surface area contributed by atoms with Crippen molar-refractivity contribution >= 4 is 41.6 Å². The molecule has 0 spiro atoms. The number of carbonyl (C=O) groups excluding carboxylic acids is 1. The van der Waals surface area contributed by atoms with Gasteiger partial charge < -0.3 is 13.9 Å². The van der Waals surface area contributed by atoms with Gasteiger partial charge in [-0.2, -0.15) is 0 Å². The van der Waals surface area contributed by atoms with Gasteiger partial charge in [0.25, 0.3) is 9.05 Å². The normalized spacial score (nSPS) is 20.0. The van der Waals surface area contributed by atoms with E-state index < -0.39 is 15.0 Å². The Morgan fingerprint density at radius 2 is 2.28 bits per heavy atom. The zero-order valence-electron chi connectivity index (χ0n) is 8.89. The molecule has 1 fully saturated rings. The lowest BCUT2D eigenvalue weighted by atomic mass is 10.3. The van der Waals surface area contributed by atoms with Gasteiger partial charge in [0.1, 0.15) is 11.0 Å². The fraction of sp³-hybridized carbons (Fsp3) is 0.444. The Hall–Kier alpha value is -0.570. The summed E-state index contributed by atoms with van der Waals surface area (Å²) in [6.45, 7) is 0.857. The minimum Gasteiger partial charge on any atom is -0.454 e. The van der Waals surface area contributed by atoms with Gasteiger partial charge in [-0.3, -0.25) is 0 Å². The van der Waals surface area contributed by atoms with Crippen LogP contribution in [0, 0.1) is 0 Å². The monoisotopic (exact) mass is 358 g/mol. The molecule has 100 valence electrons. The zero-order valence-corrected chi connectivity index (χ0v) is 12.0. The summed E-state index contributed by atoms with van der Waals surface area (Å²) >= 11 is 2.87. The van der Waals surface area contributed by atoms with Crippen molar-refractivity contribution in [2.75, 3.05) is 13.2 Å². The number of hydrogen-bond donors (Lipinski definition) is 0. The lowest BCUT2D eigenvalue weighted by Crippen LogP contribution is -2.17. The number of ether oxygens (including phenoxy) is 2. The average molecular weight is 360 g/mol. The molecule has 0 saturated carbocycles. The lowest BCUT2D eigenvalue weighted by molar-refractivity contribution is 0.0235. The number of halogens is 2. The van der Waals surface area contributed by atoms with Crippen LogP contribution in [0.1, 0.15) is 17.0 Å². The highest BCUT2D eigenvalue weighted by Crippen LogP contribution is 2.29. The lowest BCUT2D eigenvalue weighted by Gasteiger charge is -2.07. The van der Waals surface area contributed by atoms with Crippen molar-refractivity contribution in [2.24, 2.45) is 0 Å². The number of rotatable bonds is 3. The highest BCUT2D eigenvalue weighted by atomic mass is 79.9. The summed E-state index contributed by atoms with van der Waals surface area (Å²) in [6.07, 6.45) is 0.270. The largest absolute Gasteiger partial charge is 0.454 e. The number of furan rings is 1. The van der Waals surface area contributed by atoms with E-state index in [9.17, 15) is 13.2 Å². The molecular weight excluding hydrogens is 352 g/mol. The number of carbonyl (C=O) groups is 1. The number of hydrogen-bond acceptors (Lipinski definition) is 6. The van der Waals surface area contributed by atoms with E-state index >= 15 is 0 Å². The zero-order chi connectivity index (χ0) is 13.3. The predicted octanol–water partition coefficient (Wildman–Crippen LogP) is 1.92. The molecular formula is C9H8BrClO6S. The second kappa shape index (κ2) is 5.20. The summed E-state index contributed by atoms with van der Waals surface area (Å²) in [5, 5.41) is 0. The molecule has 1 unspecified atom stereocenters. The van der Waals surface area contributed by atoms with Gasteiger partial charge in [0.2, 0.25) is 5.76 Å². The van der Waals surface area contributed by atoms with E-state index in [1.807, 2.05) is 0 Å². The van der Waals surface area contributed by atoms with E-state index in [2.05, 4.69) is 15.9 Å². The van der Waals surface area contributed by atoms with E-state index in [0.29, 0.717) is 19.6 Å². The fourth-order valence-corrected chi connectivity index (χ4v) is 3.47. The molecule has 1 aromatic heterocycles. The summed E-state index contributed by atoms with van der Waals surface area (Å²) in [7, 11) is 1.19. The van der Waals surface area contributed by atoms with Gasteiger partial charge in [-0.25, -0.2) is 13.2 Å². The van der Waals surface area contributed by atoms with E-state index in [0.717, 1.165) is 6.07 Å². The topological polar surface area (TPSA) is 82.8 Å². The van der Waals surface area contributed by atoms with Crippen LogP contribution in [0.2, 0.25) is 0 Å². The van der Waals surface area contributed by atoms with Crippen molar-refractivity contribution in [1.82, 2.24) is 0 Å². The molecule has 6 nitrogen and oxygen atoms in total. The van der Waals surface area contributed by atoms with Crippen molar-refractivity contribution in [3.8, 4) is 0 Å². The van der Waals surface area contributed by atoms with Gasteiger partial charge in [-0.05, 0) is 15.9 Å². The quantitative estimate of drug-likeness (QED) is 0.605. The summed E-state index contributed by atoms with van der Waals surface area (Å²) < 4.78 is 37.2. The summed E-state index contributed by atoms with van der Waals surface area (Å²) in [5.41, 5.74) is 0.